The molecule has 1 aromatic rings. The zero-order valence-corrected chi connectivity index (χ0v) is 10.9. The number of ether oxygens (including phenoxy) is 1. The van der Waals surface area contributed by atoms with Crippen molar-refractivity contribution in [3.05, 3.63) is 22.2 Å². The first-order valence-electron chi connectivity index (χ1n) is 5.43. The van der Waals surface area contributed by atoms with Gasteiger partial charge < -0.3 is 15.6 Å². The third-order valence-corrected chi connectivity index (χ3v) is 3.75. The fourth-order valence-corrected chi connectivity index (χ4v) is 2.82. The van der Waals surface area contributed by atoms with Gasteiger partial charge >= 0.3 is 0 Å². The normalized spacial score (nSPS) is 18.7. The maximum atomic E-state index is 10.1. The zero-order chi connectivity index (χ0) is 11.8. The fraction of sp³-hybridized carbons (Fsp3) is 0.500. The molecule has 3 N–H and O–H groups in total. The quantitative estimate of drug-likeness (QED) is 0.879. The van der Waals surface area contributed by atoms with Crippen LogP contribution in [-0.2, 0) is 5.54 Å². The molecule has 0 atom stereocenters. The summed E-state index contributed by atoms with van der Waals surface area (Å²) < 4.78 is 6.02. The molecule has 1 aromatic carbocycles. The van der Waals surface area contributed by atoms with Crippen molar-refractivity contribution in [1.29, 1.82) is 0 Å². The summed E-state index contributed by atoms with van der Waals surface area (Å²) in [6.07, 6.45) is 4.07. The van der Waals surface area contributed by atoms with Gasteiger partial charge in [0.25, 0.3) is 0 Å². The maximum Gasteiger partial charge on any atom is 0.162 e. The van der Waals surface area contributed by atoms with Crippen LogP contribution in [0.15, 0.2) is 16.6 Å². The summed E-state index contributed by atoms with van der Waals surface area (Å²) in [4.78, 5) is 0. The van der Waals surface area contributed by atoms with E-state index in [2.05, 4.69) is 15.9 Å². The Labute approximate surface area is 104 Å². The number of phenolic OH excluding ortho intramolecular Hbond substituents is 1. The number of methoxy groups -OCH3 is 1. The lowest BCUT2D eigenvalue weighted by molar-refractivity contribution is 0.355. The maximum absolute atomic E-state index is 10.1. The third kappa shape index (κ3) is 1.92. The standard InChI is InChI=1S/C12H16BrNO2/c1-16-10-7-8(13)6-9(11(10)15)12(14)4-2-3-5-12/h6-7,15H,2-5,14H2,1H3. The summed E-state index contributed by atoms with van der Waals surface area (Å²) in [5, 5.41) is 10.1. The molecule has 1 aliphatic carbocycles. The second-order valence-corrected chi connectivity index (χ2v) is 5.28. The predicted molar refractivity (Wildman–Crippen MR) is 66.7 cm³/mol. The first-order chi connectivity index (χ1) is 7.57. The van der Waals surface area contributed by atoms with E-state index in [-0.39, 0.29) is 5.75 Å². The van der Waals surface area contributed by atoms with Gasteiger partial charge in [0, 0.05) is 15.6 Å². The van der Waals surface area contributed by atoms with E-state index >= 15 is 0 Å². The van der Waals surface area contributed by atoms with Crippen LogP contribution in [0.25, 0.3) is 0 Å². The van der Waals surface area contributed by atoms with E-state index in [4.69, 9.17) is 10.5 Å². The second-order valence-electron chi connectivity index (χ2n) is 4.37. The highest BCUT2D eigenvalue weighted by molar-refractivity contribution is 9.10. The van der Waals surface area contributed by atoms with Gasteiger partial charge in [0.15, 0.2) is 11.5 Å². The molecule has 4 heteroatoms. The van der Waals surface area contributed by atoms with Crippen LogP contribution >= 0.6 is 15.9 Å². The summed E-state index contributed by atoms with van der Waals surface area (Å²) in [6, 6.07) is 3.64. The van der Waals surface area contributed by atoms with Crippen molar-refractivity contribution in [3.63, 3.8) is 0 Å². The van der Waals surface area contributed by atoms with Gasteiger partial charge in [0.2, 0.25) is 0 Å². The number of nitrogens with two attached hydrogens (primary N) is 1. The average Bonchev–Trinajstić information content (AvgIpc) is 2.69. The molecule has 0 heterocycles. The monoisotopic (exact) mass is 285 g/mol. The van der Waals surface area contributed by atoms with Crippen LogP contribution in [0, 0.1) is 0 Å². The highest BCUT2D eigenvalue weighted by atomic mass is 79.9. The Balaban J connectivity index is 2.51. The summed E-state index contributed by atoms with van der Waals surface area (Å²) in [6.45, 7) is 0. The van der Waals surface area contributed by atoms with Crippen LogP contribution in [0.2, 0.25) is 0 Å². The molecule has 16 heavy (non-hydrogen) atoms. The van der Waals surface area contributed by atoms with E-state index in [1.54, 1.807) is 13.2 Å². The molecule has 0 amide bonds. The molecule has 3 nitrogen and oxygen atoms in total. The first-order valence-corrected chi connectivity index (χ1v) is 6.22. The smallest absolute Gasteiger partial charge is 0.162 e. The minimum Gasteiger partial charge on any atom is -0.504 e. The molecule has 0 spiro atoms. The Hall–Kier alpha value is -0.740. The highest BCUT2D eigenvalue weighted by Crippen LogP contribution is 2.45. The van der Waals surface area contributed by atoms with E-state index in [0.717, 1.165) is 35.7 Å². The van der Waals surface area contributed by atoms with E-state index in [1.807, 2.05) is 6.07 Å². The molecule has 88 valence electrons. The van der Waals surface area contributed by atoms with Crippen molar-refractivity contribution in [3.8, 4) is 11.5 Å². The Morgan fingerprint density at radius 2 is 2.00 bits per heavy atom. The SMILES string of the molecule is COc1cc(Br)cc(C2(N)CCCC2)c1O. The largest absolute Gasteiger partial charge is 0.504 e. The molecule has 0 aliphatic heterocycles. The summed E-state index contributed by atoms with van der Waals surface area (Å²) >= 11 is 3.41. The molecular formula is C12H16BrNO2. The summed E-state index contributed by atoms with van der Waals surface area (Å²) in [5.74, 6) is 0.649. The number of hydrogen-bond acceptors (Lipinski definition) is 3. The van der Waals surface area contributed by atoms with Gasteiger partial charge in [0.1, 0.15) is 0 Å². The Bertz CT molecular complexity index is 400. The van der Waals surface area contributed by atoms with Crippen LogP contribution in [0.5, 0.6) is 11.5 Å². The predicted octanol–water partition coefficient (Wildman–Crippen LogP) is 2.89. The lowest BCUT2D eigenvalue weighted by Crippen LogP contribution is -2.33. The molecule has 0 unspecified atom stereocenters. The van der Waals surface area contributed by atoms with E-state index in [0.29, 0.717) is 5.75 Å². The van der Waals surface area contributed by atoms with Crippen LogP contribution in [0.1, 0.15) is 31.2 Å². The van der Waals surface area contributed by atoms with Crippen molar-refractivity contribution in [2.75, 3.05) is 7.11 Å². The number of benzene rings is 1. The molecule has 1 fully saturated rings. The van der Waals surface area contributed by atoms with Gasteiger partial charge in [-0.3, -0.25) is 0 Å². The molecule has 0 radical (unpaired) electrons. The van der Waals surface area contributed by atoms with Crippen molar-refractivity contribution in [1.82, 2.24) is 0 Å². The minimum atomic E-state index is -0.402. The molecule has 0 saturated heterocycles. The topological polar surface area (TPSA) is 55.5 Å². The zero-order valence-electron chi connectivity index (χ0n) is 9.29. The Kier molecular flexibility index (Phi) is 3.13. The molecule has 0 bridgehead atoms. The molecule has 1 saturated carbocycles. The fourth-order valence-electron chi connectivity index (χ4n) is 2.38. The van der Waals surface area contributed by atoms with Crippen molar-refractivity contribution in [2.24, 2.45) is 5.73 Å². The van der Waals surface area contributed by atoms with Crippen molar-refractivity contribution >= 4 is 15.9 Å². The number of aromatic hydroxyl groups is 1. The molecular weight excluding hydrogens is 270 g/mol. The van der Waals surface area contributed by atoms with Gasteiger partial charge in [-0.25, -0.2) is 0 Å². The van der Waals surface area contributed by atoms with Crippen molar-refractivity contribution < 1.29 is 9.84 Å². The number of halogens is 1. The average molecular weight is 286 g/mol. The van der Waals surface area contributed by atoms with Crippen LogP contribution in [0.3, 0.4) is 0 Å². The van der Waals surface area contributed by atoms with Crippen LogP contribution in [0.4, 0.5) is 0 Å². The summed E-state index contributed by atoms with van der Waals surface area (Å²) in [7, 11) is 1.54. The Morgan fingerprint density at radius 3 is 2.56 bits per heavy atom. The molecule has 2 rings (SSSR count). The van der Waals surface area contributed by atoms with Crippen LogP contribution in [-0.4, -0.2) is 12.2 Å². The number of hydrogen-bond donors (Lipinski definition) is 2. The lowest BCUT2D eigenvalue weighted by atomic mass is 9.88. The molecule has 1 aliphatic rings. The number of phenols is 1. The first kappa shape index (κ1) is 11.7. The third-order valence-electron chi connectivity index (χ3n) is 3.29. The van der Waals surface area contributed by atoms with E-state index in [1.165, 1.54) is 0 Å². The van der Waals surface area contributed by atoms with Crippen molar-refractivity contribution in [2.45, 2.75) is 31.2 Å². The van der Waals surface area contributed by atoms with E-state index < -0.39 is 5.54 Å². The van der Waals surface area contributed by atoms with Gasteiger partial charge in [-0.2, -0.15) is 0 Å². The lowest BCUT2D eigenvalue weighted by Gasteiger charge is -2.26. The Morgan fingerprint density at radius 1 is 1.38 bits per heavy atom. The summed E-state index contributed by atoms with van der Waals surface area (Å²) in [5.41, 5.74) is 6.72. The minimum absolute atomic E-state index is 0.176. The van der Waals surface area contributed by atoms with Gasteiger partial charge in [-0.1, -0.05) is 28.8 Å². The van der Waals surface area contributed by atoms with Gasteiger partial charge in [-0.05, 0) is 25.0 Å². The molecule has 0 aromatic heterocycles. The highest BCUT2D eigenvalue weighted by Gasteiger charge is 2.34. The second kappa shape index (κ2) is 4.26. The van der Waals surface area contributed by atoms with E-state index in [9.17, 15) is 5.11 Å². The van der Waals surface area contributed by atoms with Gasteiger partial charge in [-0.15, -0.1) is 0 Å². The van der Waals surface area contributed by atoms with Gasteiger partial charge in [0.05, 0.1) is 7.11 Å². The van der Waals surface area contributed by atoms with Crippen LogP contribution < -0.4 is 10.5 Å². The number of rotatable bonds is 2.